The van der Waals surface area contributed by atoms with Crippen LogP contribution >= 0.6 is 0 Å². The molecular weight excluding hydrogens is 186 g/mol. The second-order valence-corrected chi connectivity index (χ2v) is 3.08. The Bertz CT molecular complexity index is 280. The van der Waals surface area contributed by atoms with Crippen LogP contribution in [0.1, 0.15) is 5.56 Å². The summed E-state index contributed by atoms with van der Waals surface area (Å²) in [5.74, 6) is -0.167. The number of nitrogens with one attached hydrogen (secondary N) is 1. The molecule has 0 unspecified atom stereocenters. The maximum atomic E-state index is 9.16. The second kappa shape index (κ2) is 4.86. The van der Waals surface area contributed by atoms with Crippen LogP contribution in [-0.4, -0.2) is 27.2 Å². The number of hydroxylamine groups is 1. The van der Waals surface area contributed by atoms with Gasteiger partial charge in [-0.2, -0.15) is 0 Å². The van der Waals surface area contributed by atoms with Crippen LogP contribution in [-0.2, 0) is 10.9 Å². The van der Waals surface area contributed by atoms with E-state index in [4.69, 9.17) is 14.7 Å². The third kappa shape index (κ3) is 3.06. The predicted octanol–water partition coefficient (Wildman–Crippen LogP) is -0.558. The van der Waals surface area contributed by atoms with Gasteiger partial charge in [-0.3, -0.25) is 0 Å². The first-order valence-electron chi connectivity index (χ1n) is 4.00. The van der Waals surface area contributed by atoms with Crippen LogP contribution in [0.3, 0.4) is 0 Å². The molecule has 5 heteroatoms. The minimum Gasteiger partial charge on any atom is -0.504 e. The molecule has 0 aliphatic carbocycles. The number of phenolic OH excluding ortho intramolecular Hbond substituents is 2. The Labute approximate surface area is 79.7 Å². The Morgan fingerprint density at radius 1 is 1.31 bits per heavy atom. The van der Waals surface area contributed by atoms with Crippen LogP contribution in [0.25, 0.3) is 0 Å². The van der Waals surface area contributed by atoms with Crippen molar-refractivity contribution in [3.05, 3.63) is 23.8 Å². The van der Waals surface area contributed by atoms with Crippen LogP contribution in [0.4, 0.5) is 0 Å². The zero-order valence-electron chi connectivity index (χ0n) is 7.45. The molecule has 0 amide bonds. The molecule has 0 fully saturated rings. The molecule has 0 saturated carbocycles. The summed E-state index contributed by atoms with van der Waals surface area (Å²) in [7, 11) is 0.662. The van der Waals surface area contributed by atoms with Crippen LogP contribution in [0, 0.1) is 0 Å². The first kappa shape index (κ1) is 10.0. The lowest BCUT2D eigenvalue weighted by molar-refractivity contribution is 0.219. The Hall–Kier alpha value is -1.04. The summed E-state index contributed by atoms with van der Waals surface area (Å²) in [6.45, 7) is 0.702. The Morgan fingerprint density at radius 3 is 2.69 bits per heavy atom. The zero-order valence-corrected chi connectivity index (χ0v) is 9.45. The van der Waals surface area contributed by atoms with Gasteiger partial charge in [-0.1, -0.05) is 6.07 Å². The van der Waals surface area contributed by atoms with Crippen LogP contribution < -0.4 is 5.48 Å². The monoisotopic (exact) mass is 199 g/mol. The summed E-state index contributed by atoms with van der Waals surface area (Å²) in [5, 5.41) is 18.2. The van der Waals surface area contributed by atoms with Crippen LogP contribution in [0.15, 0.2) is 18.2 Å². The van der Waals surface area contributed by atoms with Crippen LogP contribution in [0.2, 0.25) is 0 Å². The fraction of sp³-hybridized carbons (Fsp3) is 0.250. The molecular formula is C8H13NO3Si. The molecule has 0 atom stereocenters. The zero-order chi connectivity index (χ0) is 9.68. The fourth-order valence-electron chi connectivity index (χ4n) is 1.02. The number of benzene rings is 1. The van der Waals surface area contributed by atoms with E-state index >= 15 is 0 Å². The number of rotatable bonds is 4. The molecule has 4 nitrogen and oxygen atoms in total. The first-order valence-corrected chi connectivity index (χ1v) is 4.82. The summed E-state index contributed by atoms with van der Waals surface area (Å²) < 4.78 is 4.79. The van der Waals surface area contributed by atoms with Gasteiger partial charge in [-0.25, -0.2) is 5.48 Å². The highest BCUT2D eigenvalue weighted by Crippen LogP contribution is 2.24. The fourth-order valence-corrected chi connectivity index (χ4v) is 1.23. The molecule has 13 heavy (non-hydrogen) atoms. The summed E-state index contributed by atoms with van der Waals surface area (Å²) in [5.41, 5.74) is 3.71. The molecule has 0 aliphatic rings. The lowest BCUT2D eigenvalue weighted by Crippen LogP contribution is -2.15. The summed E-state index contributed by atoms with van der Waals surface area (Å²) in [4.78, 5) is 0. The quantitative estimate of drug-likeness (QED) is 0.263. The molecule has 0 spiro atoms. The van der Waals surface area contributed by atoms with Crippen molar-refractivity contribution >= 4 is 10.5 Å². The van der Waals surface area contributed by atoms with Crippen molar-refractivity contribution in [2.75, 3.05) is 6.54 Å². The molecule has 72 valence electrons. The number of hydrogen-bond acceptors (Lipinski definition) is 4. The Balaban J connectivity index is 2.53. The number of phenols is 2. The number of hydrogen-bond donors (Lipinski definition) is 3. The number of aromatic hydroxyl groups is 2. The van der Waals surface area contributed by atoms with Crippen molar-refractivity contribution in [2.24, 2.45) is 0 Å². The standard InChI is InChI=1S/C8H13NO3Si/c10-7-2-1-6(5-8(7)11)3-4-9-12-13/h1-2,5,9-11H,3-4H2,13H3. The largest absolute Gasteiger partial charge is 0.504 e. The van der Waals surface area contributed by atoms with Crippen LogP contribution in [0.5, 0.6) is 11.5 Å². The molecule has 0 radical (unpaired) electrons. The lowest BCUT2D eigenvalue weighted by Gasteiger charge is -2.04. The van der Waals surface area contributed by atoms with Crippen molar-refractivity contribution < 1.29 is 14.7 Å². The third-order valence-corrected chi connectivity index (χ3v) is 1.99. The molecule has 0 heterocycles. The van der Waals surface area contributed by atoms with E-state index < -0.39 is 0 Å². The van der Waals surface area contributed by atoms with Gasteiger partial charge in [0.25, 0.3) is 0 Å². The van der Waals surface area contributed by atoms with Gasteiger partial charge in [0.1, 0.15) is 0 Å². The van der Waals surface area contributed by atoms with Gasteiger partial charge in [-0.15, -0.1) is 0 Å². The molecule has 0 bridgehead atoms. The van der Waals surface area contributed by atoms with E-state index in [1.54, 1.807) is 12.1 Å². The minimum absolute atomic E-state index is 0.0794. The summed E-state index contributed by atoms with van der Waals surface area (Å²) in [6.07, 6.45) is 0.760. The lowest BCUT2D eigenvalue weighted by atomic mass is 10.1. The minimum atomic E-state index is -0.0872. The highest BCUT2D eigenvalue weighted by Gasteiger charge is 1.99. The van der Waals surface area contributed by atoms with Gasteiger partial charge in [0, 0.05) is 6.54 Å². The SMILES string of the molecule is Oc1ccc(CCNO[SiH3])cc1O. The summed E-state index contributed by atoms with van der Waals surface area (Å²) >= 11 is 0. The van der Waals surface area contributed by atoms with Crippen molar-refractivity contribution in [3.63, 3.8) is 0 Å². The van der Waals surface area contributed by atoms with E-state index in [-0.39, 0.29) is 11.5 Å². The van der Waals surface area contributed by atoms with Gasteiger partial charge in [0.15, 0.2) is 22.0 Å². The third-order valence-electron chi connectivity index (χ3n) is 1.70. The smallest absolute Gasteiger partial charge is 0.174 e. The van der Waals surface area contributed by atoms with E-state index in [2.05, 4.69) is 5.48 Å². The first-order chi connectivity index (χ1) is 6.24. The van der Waals surface area contributed by atoms with Gasteiger partial charge in [-0.05, 0) is 24.1 Å². The molecule has 1 rings (SSSR count). The summed E-state index contributed by atoms with van der Waals surface area (Å²) in [6, 6.07) is 4.79. The van der Waals surface area contributed by atoms with E-state index in [0.717, 1.165) is 12.0 Å². The van der Waals surface area contributed by atoms with E-state index in [9.17, 15) is 0 Å². The Morgan fingerprint density at radius 2 is 2.08 bits per heavy atom. The molecule has 0 saturated heterocycles. The molecule has 1 aromatic carbocycles. The van der Waals surface area contributed by atoms with E-state index in [0.29, 0.717) is 17.0 Å². The Kier molecular flexibility index (Phi) is 3.75. The highest BCUT2D eigenvalue weighted by atomic mass is 28.2. The van der Waals surface area contributed by atoms with Crippen molar-refractivity contribution in [3.8, 4) is 11.5 Å². The maximum absolute atomic E-state index is 9.16. The van der Waals surface area contributed by atoms with Gasteiger partial charge in [0.05, 0.1) is 0 Å². The molecule has 3 N–H and O–H groups in total. The van der Waals surface area contributed by atoms with Gasteiger partial charge < -0.3 is 14.7 Å². The van der Waals surface area contributed by atoms with E-state index in [1.165, 1.54) is 6.07 Å². The maximum Gasteiger partial charge on any atom is 0.174 e. The average Bonchev–Trinajstić information content (AvgIpc) is 2.12. The van der Waals surface area contributed by atoms with Gasteiger partial charge >= 0.3 is 0 Å². The van der Waals surface area contributed by atoms with Gasteiger partial charge in [0.2, 0.25) is 0 Å². The average molecular weight is 199 g/mol. The van der Waals surface area contributed by atoms with Crippen molar-refractivity contribution in [1.29, 1.82) is 0 Å². The molecule has 1 aromatic rings. The molecule has 0 aromatic heterocycles. The second-order valence-electron chi connectivity index (χ2n) is 2.67. The normalized spacial score (nSPS) is 10.5. The topological polar surface area (TPSA) is 61.7 Å². The van der Waals surface area contributed by atoms with E-state index in [1.807, 2.05) is 0 Å². The van der Waals surface area contributed by atoms with Crippen molar-refractivity contribution in [1.82, 2.24) is 5.48 Å². The predicted molar refractivity (Wildman–Crippen MR) is 52.5 cm³/mol. The highest BCUT2D eigenvalue weighted by molar-refractivity contribution is 5.97. The van der Waals surface area contributed by atoms with Crippen molar-refractivity contribution in [2.45, 2.75) is 6.42 Å². The molecule has 0 aliphatic heterocycles.